The van der Waals surface area contributed by atoms with Crippen molar-refractivity contribution >= 4 is 0 Å². The zero-order valence-corrected chi connectivity index (χ0v) is 11.3. The van der Waals surface area contributed by atoms with Crippen molar-refractivity contribution in [1.29, 1.82) is 0 Å². The first-order valence-electron chi connectivity index (χ1n) is 6.64. The van der Waals surface area contributed by atoms with E-state index < -0.39 is 0 Å². The van der Waals surface area contributed by atoms with Crippen LogP contribution >= 0.6 is 0 Å². The van der Waals surface area contributed by atoms with Crippen LogP contribution in [0.5, 0.6) is 0 Å². The van der Waals surface area contributed by atoms with E-state index in [1.54, 1.807) is 14.2 Å². The monoisotopic (exact) mass is 231 g/mol. The summed E-state index contributed by atoms with van der Waals surface area (Å²) in [7, 11) is 3.30. The first kappa shape index (κ1) is 15.9. The molecule has 98 valence electrons. The third-order valence-corrected chi connectivity index (χ3v) is 2.77. The molecule has 16 heavy (non-hydrogen) atoms. The summed E-state index contributed by atoms with van der Waals surface area (Å²) in [6.07, 6.45) is 10.5. The highest BCUT2D eigenvalue weighted by Gasteiger charge is 2.01. The molecule has 3 nitrogen and oxygen atoms in total. The number of ether oxygens (including phenoxy) is 2. The van der Waals surface area contributed by atoms with E-state index in [0.717, 1.165) is 6.54 Å². The van der Waals surface area contributed by atoms with E-state index in [1.165, 1.54) is 51.4 Å². The minimum Gasteiger partial charge on any atom is -0.343 e. The smallest absolute Gasteiger partial charge is 0.215 e. The Bertz CT molecular complexity index is 127. The normalized spacial score (nSPS) is 11.2. The summed E-state index contributed by atoms with van der Waals surface area (Å²) in [6, 6.07) is 0. The molecule has 0 aromatic carbocycles. The van der Waals surface area contributed by atoms with Crippen LogP contribution in [0.1, 0.15) is 58.3 Å². The van der Waals surface area contributed by atoms with E-state index in [4.69, 9.17) is 9.47 Å². The first-order chi connectivity index (χ1) is 7.85. The molecule has 0 aliphatic rings. The van der Waals surface area contributed by atoms with Gasteiger partial charge in [-0.15, -0.1) is 0 Å². The highest BCUT2D eigenvalue weighted by molar-refractivity contribution is 4.49. The van der Waals surface area contributed by atoms with Gasteiger partial charge in [0.15, 0.2) is 0 Å². The summed E-state index contributed by atoms with van der Waals surface area (Å²) in [5.41, 5.74) is 0. The Kier molecular flexibility index (Phi) is 12.9. The Hall–Kier alpha value is -0.120. The van der Waals surface area contributed by atoms with E-state index in [2.05, 4.69) is 12.2 Å². The summed E-state index contributed by atoms with van der Waals surface area (Å²) >= 11 is 0. The van der Waals surface area contributed by atoms with Crippen molar-refractivity contribution in [2.24, 2.45) is 0 Å². The number of methoxy groups -OCH3 is 2. The molecule has 1 N–H and O–H groups in total. The van der Waals surface area contributed by atoms with E-state index in [9.17, 15) is 0 Å². The van der Waals surface area contributed by atoms with Crippen LogP contribution in [-0.2, 0) is 9.47 Å². The predicted molar refractivity (Wildman–Crippen MR) is 68.4 cm³/mol. The molecule has 0 atom stereocenters. The van der Waals surface area contributed by atoms with Crippen LogP contribution in [0, 0.1) is 0 Å². The summed E-state index contributed by atoms with van der Waals surface area (Å²) < 4.78 is 10.1. The van der Waals surface area contributed by atoms with Crippen LogP contribution in [0.2, 0.25) is 0 Å². The molecule has 0 amide bonds. The molecule has 0 spiro atoms. The van der Waals surface area contributed by atoms with Crippen molar-refractivity contribution in [1.82, 2.24) is 5.32 Å². The summed E-state index contributed by atoms with van der Waals surface area (Å²) in [4.78, 5) is 0. The molecule has 0 rings (SSSR count). The molecular formula is C13H29NO2. The Balaban J connectivity index is 3.03. The number of unbranched alkanes of at least 4 members (excludes halogenated alkanes) is 7. The van der Waals surface area contributed by atoms with Gasteiger partial charge in [-0.2, -0.15) is 0 Å². The predicted octanol–water partition coefficient (Wildman–Crippen LogP) is 3.29. The summed E-state index contributed by atoms with van der Waals surface area (Å²) in [6.45, 7) is 3.23. The van der Waals surface area contributed by atoms with Crippen LogP contribution in [-0.4, -0.2) is 27.2 Å². The van der Waals surface area contributed by atoms with Gasteiger partial charge in [0, 0.05) is 14.2 Å². The highest BCUT2D eigenvalue weighted by Crippen LogP contribution is 2.07. The van der Waals surface area contributed by atoms with Gasteiger partial charge in [-0.1, -0.05) is 51.9 Å². The molecule has 0 aromatic heterocycles. The molecule has 0 unspecified atom stereocenters. The third kappa shape index (κ3) is 10.4. The fourth-order valence-corrected chi connectivity index (χ4v) is 1.74. The van der Waals surface area contributed by atoms with Gasteiger partial charge in [0.05, 0.1) is 0 Å². The lowest BCUT2D eigenvalue weighted by Crippen LogP contribution is -2.33. The molecule has 0 saturated carbocycles. The largest absolute Gasteiger partial charge is 0.343 e. The Morgan fingerprint density at radius 1 is 0.812 bits per heavy atom. The fraction of sp³-hybridized carbons (Fsp3) is 1.00. The molecule has 0 radical (unpaired) electrons. The Morgan fingerprint density at radius 2 is 1.31 bits per heavy atom. The fourth-order valence-electron chi connectivity index (χ4n) is 1.74. The molecule has 0 aliphatic carbocycles. The van der Waals surface area contributed by atoms with Crippen molar-refractivity contribution in [3.8, 4) is 0 Å². The van der Waals surface area contributed by atoms with Crippen LogP contribution in [0.25, 0.3) is 0 Å². The van der Waals surface area contributed by atoms with Crippen molar-refractivity contribution in [2.45, 2.75) is 64.7 Å². The second kappa shape index (κ2) is 12.9. The average Bonchev–Trinajstić information content (AvgIpc) is 2.32. The van der Waals surface area contributed by atoms with Crippen molar-refractivity contribution < 1.29 is 9.47 Å². The molecule has 0 aromatic rings. The van der Waals surface area contributed by atoms with Crippen LogP contribution in [0.3, 0.4) is 0 Å². The van der Waals surface area contributed by atoms with Gasteiger partial charge in [0.2, 0.25) is 6.41 Å². The number of nitrogens with one attached hydrogen (secondary N) is 1. The molecule has 0 aliphatic heterocycles. The maximum absolute atomic E-state index is 5.04. The quantitative estimate of drug-likeness (QED) is 0.413. The lowest BCUT2D eigenvalue weighted by molar-refractivity contribution is -0.123. The van der Waals surface area contributed by atoms with Crippen LogP contribution in [0.4, 0.5) is 0 Å². The van der Waals surface area contributed by atoms with Crippen LogP contribution in [0.15, 0.2) is 0 Å². The Morgan fingerprint density at radius 3 is 1.81 bits per heavy atom. The molecule has 0 fully saturated rings. The maximum atomic E-state index is 5.04. The SMILES string of the molecule is CCCCCCCCCCNC(OC)OC. The minimum absolute atomic E-state index is 0.246. The lowest BCUT2D eigenvalue weighted by atomic mass is 10.1. The van der Waals surface area contributed by atoms with E-state index in [1.807, 2.05) is 0 Å². The zero-order chi connectivity index (χ0) is 12.1. The standard InChI is InChI=1S/C13H29NO2/c1-4-5-6-7-8-9-10-11-12-14-13(15-2)16-3/h13-14H,4-12H2,1-3H3. The van der Waals surface area contributed by atoms with Gasteiger partial charge < -0.3 is 9.47 Å². The number of hydrogen-bond donors (Lipinski definition) is 1. The highest BCUT2D eigenvalue weighted by atomic mass is 16.7. The topological polar surface area (TPSA) is 30.5 Å². The Labute approximate surface area is 101 Å². The van der Waals surface area contributed by atoms with E-state index in [0.29, 0.717) is 0 Å². The first-order valence-corrected chi connectivity index (χ1v) is 6.64. The minimum atomic E-state index is -0.246. The van der Waals surface area contributed by atoms with Gasteiger partial charge in [-0.3, -0.25) is 5.32 Å². The van der Waals surface area contributed by atoms with Crippen molar-refractivity contribution in [3.05, 3.63) is 0 Å². The zero-order valence-electron chi connectivity index (χ0n) is 11.3. The molecule has 0 heterocycles. The number of rotatable bonds is 12. The van der Waals surface area contributed by atoms with Gasteiger partial charge in [0.1, 0.15) is 0 Å². The van der Waals surface area contributed by atoms with Gasteiger partial charge in [-0.05, 0) is 13.0 Å². The van der Waals surface area contributed by atoms with Gasteiger partial charge in [0.25, 0.3) is 0 Å². The van der Waals surface area contributed by atoms with Gasteiger partial charge >= 0.3 is 0 Å². The van der Waals surface area contributed by atoms with Crippen LogP contribution < -0.4 is 5.32 Å². The van der Waals surface area contributed by atoms with Crippen molar-refractivity contribution in [2.75, 3.05) is 20.8 Å². The van der Waals surface area contributed by atoms with Gasteiger partial charge in [-0.25, -0.2) is 0 Å². The van der Waals surface area contributed by atoms with Crippen molar-refractivity contribution in [3.63, 3.8) is 0 Å². The number of hydrogen-bond acceptors (Lipinski definition) is 3. The molecule has 0 saturated heterocycles. The molecule has 0 bridgehead atoms. The molecular weight excluding hydrogens is 202 g/mol. The summed E-state index contributed by atoms with van der Waals surface area (Å²) in [5, 5.41) is 3.19. The molecule has 3 heteroatoms. The average molecular weight is 231 g/mol. The van der Waals surface area contributed by atoms with E-state index in [-0.39, 0.29) is 6.41 Å². The van der Waals surface area contributed by atoms with E-state index >= 15 is 0 Å². The summed E-state index contributed by atoms with van der Waals surface area (Å²) in [5.74, 6) is 0. The third-order valence-electron chi connectivity index (χ3n) is 2.77. The second-order valence-electron chi connectivity index (χ2n) is 4.23. The second-order valence-corrected chi connectivity index (χ2v) is 4.23. The maximum Gasteiger partial charge on any atom is 0.215 e. The lowest BCUT2D eigenvalue weighted by Gasteiger charge is -2.14.